The average Bonchev–Trinajstić information content (AvgIpc) is 2.62. The summed E-state index contributed by atoms with van der Waals surface area (Å²) in [5.74, 6) is 0. The molecule has 3 heteroatoms. The van der Waals surface area contributed by atoms with E-state index in [0.717, 1.165) is 16.1 Å². The van der Waals surface area contributed by atoms with Gasteiger partial charge in [0.15, 0.2) is 6.29 Å². The molecule has 1 aliphatic heterocycles. The van der Waals surface area contributed by atoms with Crippen LogP contribution in [0.2, 0.25) is 5.02 Å². The van der Waals surface area contributed by atoms with Crippen LogP contribution in [0.4, 0.5) is 0 Å². The molecule has 1 saturated heterocycles. The summed E-state index contributed by atoms with van der Waals surface area (Å²) in [6.45, 7) is 3.30. The van der Waals surface area contributed by atoms with Gasteiger partial charge in [-0.1, -0.05) is 23.7 Å². The molecule has 1 aromatic rings. The van der Waals surface area contributed by atoms with Gasteiger partial charge in [-0.05, 0) is 18.6 Å². The van der Waals surface area contributed by atoms with Crippen molar-refractivity contribution in [1.29, 1.82) is 0 Å². The maximum atomic E-state index is 5.98. The third-order valence-electron chi connectivity index (χ3n) is 2.09. The van der Waals surface area contributed by atoms with Crippen molar-refractivity contribution in [2.45, 2.75) is 13.2 Å². The van der Waals surface area contributed by atoms with E-state index in [2.05, 4.69) is 0 Å². The van der Waals surface area contributed by atoms with Crippen LogP contribution in [-0.2, 0) is 9.47 Å². The van der Waals surface area contributed by atoms with Gasteiger partial charge in [0.05, 0.1) is 13.2 Å². The van der Waals surface area contributed by atoms with Crippen LogP contribution >= 0.6 is 11.6 Å². The summed E-state index contributed by atoms with van der Waals surface area (Å²) in [5, 5.41) is 0.761. The van der Waals surface area contributed by atoms with Gasteiger partial charge in [0.25, 0.3) is 0 Å². The molecule has 1 aliphatic rings. The average molecular weight is 199 g/mol. The summed E-state index contributed by atoms with van der Waals surface area (Å²) < 4.78 is 10.7. The molecule has 0 unspecified atom stereocenters. The van der Waals surface area contributed by atoms with E-state index in [0.29, 0.717) is 13.2 Å². The number of hydrogen-bond acceptors (Lipinski definition) is 2. The summed E-state index contributed by atoms with van der Waals surface area (Å²) in [5.41, 5.74) is 2.07. The Bertz CT molecular complexity index is 306. The SMILES string of the molecule is Cc1ccc(C2OCCO2)cc1Cl. The molecule has 1 fully saturated rings. The molecule has 0 bridgehead atoms. The number of aryl methyl sites for hydroxylation is 1. The quantitative estimate of drug-likeness (QED) is 0.691. The molecule has 0 N–H and O–H groups in total. The van der Waals surface area contributed by atoms with Crippen molar-refractivity contribution in [1.82, 2.24) is 0 Å². The Morgan fingerprint density at radius 3 is 2.62 bits per heavy atom. The third kappa shape index (κ3) is 1.85. The molecule has 0 atom stereocenters. The molecule has 0 aliphatic carbocycles. The summed E-state index contributed by atoms with van der Waals surface area (Å²) in [4.78, 5) is 0. The van der Waals surface area contributed by atoms with Crippen LogP contribution in [0.3, 0.4) is 0 Å². The molecule has 70 valence electrons. The highest BCUT2D eigenvalue weighted by Gasteiger charge is 2.18. The van der Waals surface area contributed by atoms with Gasteiger partial charge in [0.1, 0.15) is 0 Å². The second kappa shape index (κ2) is 3.66. The Morgan fingerprint density at radius 1 is 1.31 bits per heavy atom. The fourth-order valence-corrected chi connectivity index (χ4v) is 1.50. The minimum Gasteiger partial charge on any atom is -0.346 e. The van der Waals surface area contributed by atoms with E-state index in [-0.39, 0.29) is 6.29 Å². The number of rotatable bonds is 1. The van der Waals surface area contributed by atoms with Gasteiger partial charge < -0.3 is 9.47 Å². The van der Waals surface area contributed by atoms with Crippen molar-refractivity contribution in [2.75, 3.05) is 13.2 Å². The highest BCUT2D eigenvalue weighted by molar-refractivity contribution is 6.31. The van der Waals surface area contributed by atoms with Gasteiger partial charge in [-0.25, -0.2) is 0 Å². The largest absolute Gasteiger partial charge is 0.346 e. The lowest BCUT2D eigenvalue weighted by molar-refractivity contribution is -0.0441. The molecule has 1 aromatic carbocycles. The normalized spacial score (nSPS) is 18.0. The van der Waals surface area contributed by atoms with Gasteiger partial charge in [-0.15, -0.1) is 0 Å². The summed E-state index contributed by atoms with van der Waals surface area (Å²) >= 11 is 5.98. The first-order valence-corrected chi connectivity index (χ1v) is 4.64. The van der Waals surface area contributed by atoms with Crippen molar-refractivity contribution in [3.8, 4) is 0 Å². The van der Waals surface area contributed by atoms with E-state index in [1.54, 1.807) is 0 Å². The Labute approximate surface area is 82.4 Å². The number of ether oxygens (including phenoxy) is 2. The van der Waals surface area contributed by atoms with E-state index >= 15 is 0 Å². The third-order valence-corrected chi connectivity index (χ3v) is 2.50. The first kappa shape index (κ1) is 9.00. The zero-order chi connectivity index (χ0) is 9.26. The number of halogens is 1. The van der Waals surface area contributed by atoms with Crippen LogP contribution in [0.1, 0.15) is 17.4 Å². The van der Waals surface area contributed by atoms with Crippen molar-refractivity contribution in [3.05, 3.63) is 34.3 Å². The Balaban J connectivity index is 2.25. The summed E-state index contributed by atoms with van der Waals surface area (Å²) in [6.07, 6.45) is -0.224. The first-order chi connectivity index (χ1) is 6.27. The van der Waals surface area contributed by atoms with E-state index in [1.165, 1.54) is 0 Å². The second-order valence-corrected chi connectivity index (χ2v) is 3.49. The number of benzene rings is 1. The Hall–Kier alpha value is -0.570. The standard InChI is InChI=1S/C10H11ClO2/c1-7-2-3-8(6-9(7)11)10-12-4-5-13-10/h2-3,6,10H,4-5H2,1H3. The molecular weight excluding hydrogens is 188 g/mol. The van der Waals surface area contributed by atoms with Gasteiger partial charge in [-0.2, -0.15) is 0 Å². The maximum absolute atomic E-state index is 5.98. The Kier molecular flexibility index (Phi) is 2.54. The zero-order valence-electron chi connectivity index (χ0n) is 7.42. The van der Waals surface area contributed by atoms with E-state index in [9.17, 15) is 0 Å². The second-order valence-electron chi connectivity index (χ2n) is 3.08. The van der Waals surface area contributed by atoms with Crippen LogP contribution in [0.15, 0.2) is 18.2 Å². The minimum absolute atomic E-state index is 0.224. The molecule has 0 radical (unpaired) electrons. The Morgan fingerprint density at radius 2 is 2.00 bits per heavy atom. The fraction of sp³-hybridized carbons (Fsp3) is 0.400. The predicted molar refractivity (Wildman–Crippen MR) is 50.8 cm³/mol. The maximum Gasteiger partial charge on any atom is 0.184 e. The van der Waals surface area contributed by atoms with Gasteiger partial charge >= 0.3 is 0 Å². The molecule has 0 spiro atoms. The van der Waals surface area contributed by atoms with Crippen LogP contribution in [-0.4, -0.2) is 13.2 Å². The summed E-state index contributed by atoms with van der Waals surface area (Å²) in [7, 11) is 0. The number of hydrogen-bond donors (Lipinski definition) is 0. The molecule has 2 nitrogen and oxygen atoms in total. The molecular formula is C10H11ClO2. The lowest BCUT2D eigenvalue weighted by Crippen LogP contribution is -1.97. The van der Waals surface area contributed by atoms with Crippen molar-refractivity contribution >= 4 is 11.6 Å². The van der Waals surface area contributed by atoms with Crippen molar-refractivity contribution < 1.29 is 9.47 Å². The van der Waals surface area contributed by atoms with E-state index < -0.39 is 0 Å². The van der Waals surface area contributed by atoms with Crippen molar-refractivity contribution in [2.24, 2.45) is 0 Å². The molecule has 0 saturated carbocycles. The molecule has 1 heterocycles. The van der Waals surface area contributed by atoms with Crippen LogP contribution in [0.5, 0.6) is 0 Å². The van der Waals surface area contributed by atoms with E-state index in [1.807, 2.05) is 25.1 Å². The van der Waals surface area contributed by atoms with E-state index in [4.69, 9.17) is 21.1 Å². The molecule has 13 heavy (non-hydrogen) atoms. The smallest absolute Gasteiger partial charge is 0.184 e. The van der Waals surface area contributed by atoms with Gasteiger partial charge in [0, 0.05) is 10.6 Å². The predicted octanol–water partition coefficient (Wildman–Crippen LogP) is 2.69. The summed E-state index contributed by atoms with van der Waals surface area (Å²) in [6, 6.07) is 5.85. The fourth-order valence-electron chi connectivity index (χ4n) is 1.31. The topological polar surface area (TPSA) is 18.5 Å². The minimum atomic E-state index is -0.224. The highest BCUT2D eigenvalue weighted by Crippen LogP contribution is 2.26. The van der Waals surface area contributed by atoms with Crippen molar-refractivity contribution in [3.63, 3.8) is 0 Å². The molecule has 0 amide bonds. The molecule has 0 aromatic heterocycles. The van der Waals surface area contributed by atoms with Gasteiger partial charge in [-0.3, -0.25) is 0 Å². The van der Waals surface area contributed by atoms with Crippen LogP contribution < -0.4 is 0 Å². The lowest BCUT2D eigenvalue weighted by Gasteiger charge is -2.09. The first-order valence-electron chi connectivity index (χ1n) is 4.26. The van der Waals surface area contributed by atoms with Crippen LogP contribution in [0, 0.1) is 6.92 Å². The monoisotopic (exact) mass is 198 g/mol. The van der Waals surface area contributed by atoms with Crippen LogP contribution in [0.25, 0.3) is 0 Å². The lowest BCUT2D eigenvalue weighted by atomic mass is 10.1. The van der Waals surface area contributed by atoms with Gasteiger partial charge in [0.2, 0.25) is 0 Å². The zero-order valence-corrected chi connectivity index (χ0v) is 8.17. The highest BCUT2D eigenvalue weighted by atomic mass is 35.5. The molecule has 2 rings (SSSR count).